The summed E-state index contributed by atoms with van der Waals surface area (Å²) in [5.41, 5.74) is -0.415. The van der Waals surface area contributed by atoms with E-state index in [2.05, 4.69) is 4.98 Å². The molecule has 2 aromatic heterocycles. The Balaban J connectivity index is 2.57. The molecular weight excluding hydrogens is 226 g/mol. The molecule has 0 saturated heterocycles. The normalized spacial score (nSPS) is 10.4. The molecule has 0 unspecified atom stereocenters. The van der Waals surface area contributed by atoms with Crippen molar-refractivity contribution in [2.45, 2.75) is 13.5 Å². The minimum Gasteiger partial charge on any atom is -0.461 e. The molecule has 0 aliphatic rings. The Kier molecular flexibility index (Phi) is 2.78. The van der Waals surface area contributed by atoms with Crippen molar-refractivity contribution in [2.24, 2.45) is 0 Å². The number of pyridine rings is 1. The summed E-state index contributed by atoms with van der Waals surface area (Å²) in [6, 6.07) is 4.04. The van der Waals surface area contributed by atoms with Gasteiger partial charge in [-0.1, -0.05) is 0 Å². The van der Waals surface area contributed by atoms with Crippen LogP contribution >= 0.6 is 0 Å². The van der Waals surface area contributed by atoms with E-state index in [0.717, 1.165) is 0 Å². The highest BCUT2D eigenvalue weighted by Gasteiger charge is 2.07. The molecule has 2 aromatic rings. The number of ether oxygens (including phenoxy) is 1. The van der Waals surface area contributed by atoms with Crippen molar-refractivity contribution in [3.8, 4) is 0 Å². The minimum atomic E-state index is -0.610. The van der Waals surface area contributed by atoms with E-state index in [-0.39, 0.29) is 17.9 Å². The number of carbonyl (C=O) groups is 1. The van der Waals surface area contributed by atoms with Crippen LogP contribution in [-0.4, -0.2) is 11.0 Å². The van der Waals surface area contributed by atoms with Gasteiger partial charge < -0.3 is 9.15 Å². The molecule has 0 aliphatic heterocycles. The second kappa shape index (κ2) is 4.25. The third-order valence-electron chi connectivity index (χ3n) is 2.15. The van der Waals surface area contributed by atoms with E-state index < -0.39 is 11.6 Å². The van der Waals surface area contributed by atoms with Crippen molar-refractivity contribution >= 4 is 17.1 Å². The molecule has 1 N–H and O–H groups in total. The smallest absolute Gasteiger partial charge is 0.337 e. The monoisotopic (exact) mass is 235 g/mol. The highest BCUT2D eigenvalue weighted by Crippen LogP contribution is 2.13. The van der Waals surface area contributed by atoms with Gasteiger partial charge in [0.2, 0.25) is 5.71 Å². The van der Waals surface area contributed by atoms with E-state index in [9.17, 15) is 14.4 Å². The molecule has 0 atom stereocenters. The van der Waals surface area contributed by atoms with Gasteiger partial charge in [-0.05, 0) is 6.07 Å². The molecule has 17 heavy (non-hydrogen) atoms. The quantitative estimate of drug-likeness (QED) is 0.767. The van der Waals surface area contributed by atoms with Gasteiger partial charge in [-0.2, -0.15) is 0 Å². The first-order valence-corrected chi connectivity index (χ1v) is 4.86. The number of hydrogen-bond donors (Lipinski definition) is 1. The van der Waals surface area contributed by atoms with Crippen LogP contribution in [0.3, 0.4) is 0 Å². The van der Waals surface area contributed by atoms with Crippen LogP contribution < -0.4 is 11.2 Å². The van der Waals surface area contributed by atoms with Gasteiger partial charge in [0, 0.05) is 30.0 Å². The molecule has 0 spiro atoms. The first-order valence-electron chi connectivity index (χ1n) is 4.86. The molecule has 6 heteroatoms. The summed E-state index contributed by atoms with van der Waals surface area (Å²) in [5, 5.41) is 0.533. The molecule has 0 aromatic carbocycles. The maximum atomic E-state index is 11.2. The number of aromatic nitrogens is 1. The standard InChI is InChI=1S/C11H9NO5/c1-6(13)16-5-7-4-10(15)17-11-8(7)2-3-9(14)12-11/h2-4H,5H2,1H3,(H,12,14). The number of aromatic amines is 1. The largest absolute Gasteiger partial charge is 0.461 e. The number of hydrogen-bond acceptors (Lipinski definition) is 5. The number of fused-ring (bicyclic) bond motifs is 1. The van der Waals surface area contributed by atoms with Gasteiger partial charge in [0.15, 0.2) is 0 Å². The van der Waals surface area contributed by atoms with Crippen molar-refractivity contribution in [1.82, 2.24) is 4.98 Å². The van der Waals surface area contributed by atoms with Crippen LogP contribution in [0.2, 0.25) is 0 Å². The molecule has 2 heterocycles. The zero-order chi connectivity index (χ0) is 12.4. The van der Waals surface area contributed by atoms with E-state index >= 15 is 0 Å². The van der Waals surface area contributed by atoms with Crippen LogP contribution in [0.5, 0.6) is 0 Å². The molecular formula is C11H9NO5. The summed E-state index contributed by atoms with van der Waals surface area (Å²) in [6.07, 6.45) is 0. The summed E-state index contributed by atoms with van der Waals surface area (Å²) in [5.74, 6) is -0.448. The molecule has 0 aliphatic carbocycles. The lowest BCUT2D eigenvalue weighted by molar-refractivity contribution is -0.142. The van der Waals surface area contributed by atoms with Crippen molar-refractivity contribution in [3.63, 3.8) is 0 Å². The molecule has 0 amide bonds. The molecule has 0 radical (unpaired) electrons. The Morgan fingerprint density at radius 3 is 2.88 bits per heavy atom. The summed E-state index contributed by atoms with van der Waals surface area (Å²) in [6.45, 7) is 1.24. The third kappa shape index (κ3) is 2.41. The summed E-state index contributed by atoms with van der Waals surface area (Å²) in [4.78, 5) is 35.4. The van der Waals surface area contributed by atoms with Crippen molar-refractivity contribution < 1.29 is 13.9 Å². The first kappa shape index (κ1) is 11.1. The van der Waals surface area contributed by atoms with E-state index in [0.29, 0.717) is 10.9 Å². The van der Waals surface area contributed by atoms with Crippen LogP contribution in [0.15, 0.2) is 32.2 Å². The maximum Gasteiger partial charge on any atom is 0.337 e. The Bertz CT molecular complexity index is 677. The van der Waals surface area contributed by atoms with Crippen molar-refractivity contribution in [2.75, 3.05) is 0 Å². The van der Waals surface area contributed by atoms with E-state index in [4.69, 9.17) is 9.15 Å². The number of H-pyrrole nitrogens is 1. The highest BCUT2D eigenvalue weighted by atomic mass is 16.5. The average molecular weight is 235 g/mol. The fraction of sp³-hybridized carbons (Fsp3) is 0.182. The lowest BCUT2D eigenvalue weighted by Gasteiger charge is -2.04. The number of nitrogens with one attached hydrogen (secondary N) is 1. The van der Waals surface area contributed by atoms with Crippen LogP contribution in [0.1, 0.15) is 12.5 Å². The molecule has 0 saturated carbocycles. The van der Waals surface area contributed by atoms with E-state index in [1.54, 1.807) is 0 Å². The lowest BCUT2D eigenvalue weighted by atomic mass is 10.2. The lowest BCUT2D eigenvalue weighted by Crippen LogP contribution is -2.09. The Hall–Kier alpha value is -2.37. The predicted octanol–water partition coefficient (Wildman–Crippen LogP) is 0.544. The minimum absolute atomic E-state index is 0.0382. The van der Waals surface area contributed by atoms with Gasteiger partial charge in [0.25, 0.3) is 5.56 Å². The predicted molar refractivity (Wildman–Crippen MR) is 58.6 cm³/mol. The van der Waals surface area contributed by atoms with Crippen LogP contribution in [0.4, 0.5) is 0 Å². The van der Waals surface area contributed by atoms with Gasteiger partial charge in [-0.25, -0.2) is 4.79 Å². The Morgan fingerprint density at radius 2 is 2.18 bits per heavy atom. The molecule has 6 nitrogen and oxygen atoms in total. The topological polar surface area (TPSA) is 89.4 Å². The number of rotatable bonds is 2. The zero-order valence-electron chi connectivity index (χ0n) is 8.98. The molecule has 0 bridgehead atoms. The maximum absolute atomic E-state index is 11.2. The van der Waals surface area contributed by atoms with Crippen LogP contribution in [0, 0.1) is 0 Å². The summed E-state index contributed by atoms with van der Waals surface area (Å²) >= 11 is 0. The molecule has 88 valence electrons. The molecule has 0 fully saturated rings. The fourth-order valence-electron chi connectivity index (χ4n) is 1.44. The first-order chi connectivity index (χ1) is 8.06. The number of carbonyl (C=O) groups excluding carboxylic acids is 1. The SMILES string of the molecule is CC(=O)OCc1cc(=O)oc2[nH]c(=O)ccc12. The molecule has 2 rings (SSSR count). The second-order valence-electron chi connectivity index (χ2n) is 3.44. The van der Waals surface area contributed by atoms with Gasteiger partial charge in [-0.3, -0.25) is 14.6 Å². The summed E-state index contributed by atoms with van der Waals surface area (Å²) in [7, 11) is 0. The zero-order valence-corrected chi connectivity index (χ0v) is 8.98. The summed E-state index contributed by atoms with van der Waals surface area (Å²) < 4.78 is 9.65. The van der Waals surface area contributed by atoms with Gasteiger partial charge in [-0.15, -0.1) is 0 Å². The second-order valence-corrected chi connectivity index (χ2v) is 3.44. The van der Waals surface area contributed by atoms with E-state index in [1.807, 2.05) is 0 Å². The van der Waals surface area contributed by atoms with Crippen LogP contribution in [-0.2, 0) is 16.1 Å². The van der Waals surface area contributed by atoms with Crippen molar-refractivity contribution in [3.05, 3.63) is 44.5 Å². The number of esters is 1. The average Bonchev–Trinajstić information content (AvgIpc) is 2.24. The fourth-order valence-corrected chi connectivity index (χ4v) is 1.44. The van der Waals surface area contributed by atoms with E-state index in [1.165, 1.54) is 25.1 Å². The Labute approximate surface area is 94.8 Å². The highest BCUT2D eigenvalue weighted by molar-refractivity contribution is 5.76. The third-order valence-corrected chi connectivity index (χ3v) is 2.15. The van der Waals surface area contributed by atoms with Crippen LogP contribution in [0.25, 0.3) is 11.1 Å². The van der Waals surface area contributed by atoms with Gasteiger partial charge >= 0.3 is 11.6 Å². The van der Waals surface area contributed by atoms with Gasteiger partial charge in [0.05, 0.1) is 0 Å². The van der Waals surface area contributed by atoms with Crippen molar-refractivity contribution in [1.29, 1.82) is 0 Å². The Morgan fingerprint density at radius 1 is 1.41 bits per heavy atom. The van der Waals surface area contributed by atoms with Gasteiger partial charge in [0.1, 0.15) is 6.61 Å².